The van der Waals surface area contributed by atoms with Gasteiger partial charge in [0.1, 0.15) is 23.9 Å². The number of aromatic nitrogens is 2. The summed E-state index contributed by atoms with van der Waals surface area (Å²) in [5.74, 6) is -1.19. The Hall–Kier alpha value is -6.18. The van der Waals surface area contributed by atoms with Crippen LogP contribution in [0, 0.1) is 5.92 Å². The Morgan fingerprint density at radius 3 is 2.41 bits per heavy atom. The number of nitrogens with one attached hydrogen (secondary N) is 5. The summed E-state index contributed by atoms with van der Waals surface area (Å²) in [6.07, 6.45) is 5.17. The number of hydrogen-bond acceptors (Lipinski definition) is 8. The zero-order valence-electron chi connectivity index (χ0n) is 32.3. The Labute approximate surface area is 327 Å². The molecule has 5 N–H and O–H groups in total. The van der Waals surface area contributed by atoms with Gasteiger partial charge in [0.15, 0.2) is 18.1 Å². The average molecular weight is 766 g/mol. The Kier molecular flexibility index (Phi) is 14.6. The minimum absolute atomic E-state index is 0.121. The van der Waals surface area contributed by atoms with E-state index in [2.05, 4.69) is 31.6 Å². The zero-order chi connectivity index (χ0) is 40.0. The number of benzene rings is 3. The first-order valence-corrected chi connectivity index (χ1v) is 18.9. The Morgan fingerprint density at radius 2 is 1.68 bits per heavy atom. The lowest BCUT2D eigenvalue weighted by Crippen LogP contribution is -2.58. The quantitative estimate of drug-likeness (QED) is 0.190. The number of nitrogens with zero attached hydrogens (tertiary/aromatic N) is 2. The first-order valence-electron chi connectivity index (χ1n) is 18.9. The van der Waals surface area contributed by atoms with Crippen molar-refractivity contribution in [3.05, 3.63) is 102 Å². The van der Waals surface area contributed by atoms with E-state index in [4.69, 9.17) is 9.47 Å². The second kappa shape index (κ2) is 19.9. The maximum Gasteiger partial charge on any atom is 0.257 e. The van der Waals surface area contributed by atoms with E-state index < -0.39 is 35.8 Å². The SMILES string of the molecule is COc1ccc2cc1OCC(=O)NCCC[C@H](NC(=O)c1ccccc1-c1nccn1C)C(=O)N[C@@H](Cc1ccccc1)C(=O)N[C@H](C(C)C)C(=O)NCCC2. The fraction of sp³-hybridized carbons (Fsp3) is 0.381. The minimum Gasteiger partial charge on any atom is -0.493 e. The lowest BCUT2D eigenvalue weighted by Gasteiger charge is -2.27. The largest absolute Gasteiger partial charge is 0.493 e. The summed E-state index contributed by atoms with van der Waals surface area (Å²) >= 11 is 0. The fourth-order valence-corrected chi connectivity index (χ4v) is 6.46. The molecule has 1 aliphatic rings. The van der Waals surface area contributed by atoms with E-state index in [1.165, 1.54) is 7.11 Å². The third kappa shape index (κ3) is 11.2. The number of methoxy groups -OCH3 is 1. The number of fused-ring (bicyclic) bond motifs is 2. The lowest BCUT2D eigenvalue weighted by atomic mass is 10.00. The first kappa shape index (κ1) is 41.0. The van der Waals surface area contributed by atoms with Crippen LogP contribution < -0.4 is 36.1 Å². The van der Waals surface area contributed by atoms with E-state index in [0.29, 0.717) is 54.3 Å². The molecule has 0 radical (unpaired) electrons. The molecule has 3 atom stereocenters. The van der Waals surface area contributed by atoms with Gasteiger partial charge in [-0.25, -0.2) is 4.98 Å². The number of aryl methyl sites for hydroxylation is 2. The number of carbonyl (C=O) groups is 5. The predicted molar refractivity (Wildman–Crippen MR) is 211 cm³/mol. The molecule has 5 rings (SSSR count). The van der Waals surface area contributed by atoms with Crippen LogP contribution in [0.4, 0.5) is 0 Å². The van der Waals surface area contributed by atoms with Crippen LogP contribution in [-0.4, -0.2) is 84.0 Å². The van der Waals surface area contributed by atoms with Crippen molar-refractivity contribution in [1.82, 2.24) is 36.1 Å². The van der Waals surface area contributed by atoms with Crippen LogP contribution >= 0.6 is 0 Å². The van der Waals surface area contributed by atoms with Crippen molar-refractivity contribution in [2.24, 2.45) is 13.0 Å². The van der Waals surface area contributed by atoms with Gasteiger partial charge in [-0.1, -0.05) is 68.4 Å². The molecule has 5 amide bonds. The van der Waals surface area contributed by atoms with Gasteiger partial charge < -0.3 is 40.6 Å². The second-order valence-electron chi connectivity index (χ2n) is 14.1. The van der Waals surface area contributed by atoms with E-state index in [-0.39, 0.29) is 43.7 Å². The summed E-state index contributed by atoms with van der Waals surface area (Å²) in [4.78, 5) is 72.9. The maximum absolute atomic E-state index is 14.2. The number of amides is 5. The summed E-state index contributed by atoms with van der Waals surface area (Å²) in [7, 11) is 3.34. The smallest absolute Gasteiger partial charge is 0.257 e. The van der Waals surface area contributed by atoms with Crippen molar-refractivity contribution in [1.29, 1.82) is 0 Å². The average Bonchev–Trinajstić information content (AvgIpc) is 3.63. The molecule has 56 heavy (non-hydrogen) atoms. The molecule has 0 spiro atoms. The molecule has 4 aromatic rings. The number of rotatable bonds is 7. The molecule has 0 saturated heterocycles. The molecule has 1 aromatic heterocycles. The standard InChI is InChI=1S/C42H51N7O7/c1-27(2)37-42(54)45-21-10-14-29-18-19-34(55-4)35(25-29)56-26-36(50)43-20-11-17-32(40(52)47-33(41(53)48-37)24-28-12-6-5-7-13-28)46-39(51)31-16-9-8-15-30(31)38-44-22-23-49(38)3/h5-9,12-13,15-16,18-19,22-23,25,27,32-33,37H,10-11,14,17,20-21,24,26H2,1-4H3,(H,43,50)(H,45,54)(H,46,51)(H,47,52)(H,48,53)/t32-,33-,37+/m0/s1. The molecule has 296 valence electrons. The highest BCUT2D eigenvalue weighted by Crippen LogP contribution is 2.28. The van der Waals surface area contributed by atoms with Crippen LogP contribution in [0.3, 0.4) is 0 Å². The maximum atomic E-state index is 14.2. The van der Waals surface area contributed by atoms with Crippen molar-refractivity contribution in [2.75, 3.05) is 26.8 Å². The monoisotopic (exact) mass is 765 g/mol. The Balaban J connectivity index is 1.43. The summed E-state index contributed by atoms with van der Waals surface area (Å²) < 4.78 is 13.1. The van der Waals surface area contributed by atoms with Gasteiger partial charge in [-0.05, 0) is 60.9 Å². The third-order valence-electron chi connectivity index (χ3n) is 9.54. The van der Waals surface area contributed by atoms with Crippen molar-refractivity contribution in [2.45, 2.75) is 64.1 Å². The first-order chi connectivity index (χ1) is 27.0. The van der Waals surface area contributed by atoms with Gasteiger partial charge in [0.05, 0.1) is 12.7 Å². The van der Waals surface area contributed by atoms with Crippen LogP contribution in [0.15, 0.2) is 85.2 Å². The van der Waals surface area contributed by atoms with Crippen LogP contribution in [0.25, 0.3) is 11.4 Å². The normalized spacial score (nSPS) is 19.2. The summed E-state index contributed by atoms with van der Waals surface area (Å²) in [6.45, 7) is 3.93. The molecule has 3 aromatic carbocycles. The molecule has 14 nitrogen and oxygen atoms in total. The van der Waals surface area contributed by atoms with E-state index in [9.17, 15) is 24.0 Å². The molecule has 0 aliphatic carbocycles. The van der Waals surface area contributed by atoms with Gasteiger partial charge in [0, 0.05) is 44.5 Å². The van der Waals surface area contributed by atoms with Crippen molar-refractivity contribution in [3.8, 4) is 22.9 Å². The summed E-state index contributed by atoms with van der Waals surface area (Å²) in [5, 5.41) is 14.4. The van der Waals surface area contributed by atoms with E-state index >= 15 is 0 Å². The van der Waals surface area contributed by atoms with Crippen molar-refractivity contribution >= 4 is 29.5 Å². The molecule has 14 heteroatoms. The zero-order valence-corrected chi connectivity index (χ0v) is 32.3. The molecule has 1 aliphatic heterocycles. The van der Waals surface area contributed by atoms with Gasteiger partial charge in [0.25, 0.3) is 11.8 Å². The lowest BCUT2D eigenvalue weighted by molar-refractivity contribution is -0.133. The summed E-state index contributed by atoms with van der Waals surface area (Å²) in [5.41, 5.74) is 2.60. The van der Waals surface area contributed by atoms with Crippen LogP contribution in [0.5, 0.6) is 11.5 Å². The predicted octanol–water partition coefficient (Wildman–Crippen LogP) is 3.10. The number of ether oxygens (including phenoxy) is 2. The van der Waals surface area contributed by atoms with Crippen LogP contribution in [0.2, 0.25) is 0 Å². The topological polar surface area (TPSA) is 182 Å². The molecule has 2 bridgehead atoms. The minimum atomic E-state index is -1.11. The van der Waals surface area contributed by atoms with E-state index in [1.807, 2.05) is 63.4 Å². The molecule has 2 heterocycles. The van der Waals surface area contributed by atoms with Gasteiger partial charge in [-0.2, -0.15) is 0 Å². The summed E-state index contributed by atoms with van der Waals surface area (Å²) in [6, 6.07) is 18.6. The second-order valence-corrected chi connectivity index (χ2v) is 14.1. The number of hydrogen-bond donors (Lipinski definition) is 5. The highest BCUT2D eigenvalue weighted by molar-refractivity contribution is 6.02. The molecular weight excluding hydrogens is 715 g/mol. The fourth-order valence-electron chi connectivity index (χ4n) is 6.46. The number of imidazole rings is 1. The number of carbonyl (C=O) groups excluding carboxylic acids is 5. The van der Waals surface area contributed by atoms with Gasteiger partial charge in [-0.3, -0.25) is 24.0 Å². The molecular formula is C42H51N7O7. The molecule has 0 saturated carbocycles. The van der Waals surface area contributed by atoms with Crippen molar-refractivity contribution in [3.63, 3.8) is 0 Å². The third-order valence-corrected chi connectivity index (χ3v) is 9.54. The van der Waals surface area contributed by atoms with Gasteiger partial charge in [0.2, 0.25) is 17.7 Å². The molecule has 0 fully saturated rings. The Bertz CT molecular complexity index is 1980. The van der Waals surface area contributed by atoms with Crippen molar-refractivity contribution < 1.29 is 33.4 Å². The van der Waals surface area contributed by atoms with Gasteiger partial charge in [-0.15, -0.1) is 0 Å². The van der Waals surface area contributed by atoms with E-state index in [1.54, 1.807) is 47.3 Å². The Morgan fingerprint density at radius 1 is 0.929 bits per heavy atom. The highest BCUT2D eigenvalue weighted by atomic mass is 16.5. The van der Waals surface area contributed by atoms with E-state index in [0.717, 1.165) is 11.1 Å². The molecule has 0 unspecified atom stereocenters. The van der Waals surface area contributed by atoms with Gasteiger partial charge >= 0.3 is 0 Å². The highest BCUT2D eigenvalue weighted by Gasteiger charge is 2.31. The van der Waals surface area contributed by atoms with Crippen LogP contribution in [0.1, 0.15) is 54.6 Å². The van der Waals surface area contributed by atoms with Crippen LogP contribution in [-0.2, 0) is 39.1 Å².